The summed E-state index contributed by atoms with van der Waals surface area (Å²) in [6.07, 6.45) is 1.62. The van der Waals surface area contributed by atoms with Gasteiger partial charge in [-0.15, -0.1) is 0 Å². The Morgan fingerprint density at radius 1 is 1.58 bits per heavy atom. The Hall–Kier alpha value is -1.51. The molecule has 0 fully saturated rings. The van der Waals surface area contributed by atoms with Crippen molar-refractivity contribution in [1.29, 1.82) is 0 Å². The van der Waals surface area contributed by atoms with Crippen LogP contribution in [0.3, 0.4) is 0 Å². The van der Waals surface area contributed by atoms with Crippen LogP contribution < -0.4 is 0 Å². The minimum atomic E-state index is -0.894. The van der Waals surface area contributed by atoms with E-state index >= 15 is 0 Å². The number of aryl methyl sites for hydroxylation is 1. The Morgan fingerprint density at radius 3 is 2.42 bits per heavy atom. The van der Waals surface area contributed by atoms with Crippen molar-refractivity contribution in [3.63, 3.8) is 0 Å². The van der Waals surface area contributed by atoms with E-state index in [-0.39, 0.29) is 0 Å². The molecule has 0 saturated carbocycles. The first-order valence-corrected chi connectivity index (χ1v) is 3.62. The third-order valence-electron chi connectivity index (χ3n) is 1.89. The summed E-state index contributed by atoms with van der Waals surface area (Å²) >= 11 is 0. The first-order valence-electron chi connectivity index (χ1n) is 3.62. The average molecular weight is 165 g/mol. The summed E-state index contributed by atoms with van der Waals surface area (Å²) in [5.74, 6) is -0.894. The highest BCUT2D eigenvalue weighted by atomic mass is 16.4. The van der Waals surface area contributed by atoms with Crippen molar-refractivity contribution in [2.45, 2.75) is 13.8 Å². The van der Waals surface area contributed by atoms with E-state index in [4.69, 9.17) is 5.11 Å². The maximum Gasteiger partial charge on any atom is 0.337 e. The van der Waals surface area contributed by atoms with E-state index in [1.165, 1.54) is 0 Å². The second kappa shape index (κ2) is 2.85. The molecule has 2 N–H and O–H groups in total. The molecule has 12 heavy (non-hydrogen) atoms. The molecule has 0 bridgehead atoms. The van der Waals surface area contributed by atoms with Crippen molar-refractivity contribution in [3.8, 4) is 0 Å². The second-order valence-electron chi connectivity index (χ2n) is 2.67. The van der Waals surface area contributed by atoms with Gasteiger partial charge in [-0.3, -0.25) is 0 Å². The number of hydrogen-bond acceptors (Lipinski definition) is 1. The third kappa shape index (κ3) is 1.13. The molecule has 1 rings (SSSR count). The molecule has 0 aromatic carbocycles. The van der Waals surface area contributed by atoms with Crippen LogP contribution in [0.1, 0.15) is 27.3 Å². The molecule has 0 amide bonds. The molecular weight excluding hydrogens is 154 g/mol. The van der Waals surface area contributed by atoms with Gasteiger partial charge >= 0.3 is 5.97 Å². The van der Waals surface area contributed by atoms with Gasteiger partial charge < -0.3 is 10.1 Å². The first kappa shape index (κ1) is 8.59. The van der Waals surface area contributed by atoms with Crippen LogP contribution >= 0.6 is 0 Å². The maximum absolute atomic E-state index is 10.7. The van der Waals surface area contributed by atoms with Gasteiger partial charge in [0.05, 0.1) is 5.56 Å². The van der Waals surface area contributed by atoms with Crippen molar-refractivity contribution in [1.82, 2.24) is 4.98 Å². The lowest BCUT2D eigenvalue weighted by atomic mass is 10.1. The van der Waals surface area contributed by atoms with Crippen LogP contribution in [0.4, 0.5) is 0 Å². The van der Waals surface area contributed by atoms with Crippen LogP contribution in [0, 0.1) is 13.8 Å². The summed E-state index contributed by atoms with van der Waals surface area (Å²) in [6, 6.07) is 0. The minimum Gasteiger partial charge on any atom is -0.478 e. The van der Waals surface area contributed by atoms with E-state index in [1.807, 2.05) is 0 Å². The van der Waals surface area contributed by atoms with Crippen LogP contribution in [0.25, 0.3) is 6.08 Å². The first-order chi connectivity index (χ1) is 5.57. The van der Waals surface area contributed by atoms with Gasteiger partial charge in [-0.25, -0.2) is 4.79 Å². The van der Waals surface area contributed by atoms with Crippen molar-refractivity contribution in [2.75, 3.05) is 0 Å². The quantitative estimate of drug-likeness (QED) is 0.703. The van der Waals surface area contributed by atoms with E-state index in [9.17, 15) is 4.79 Å². The number of aromatic carboxylic acids is 1. The van der Waals surface area contributed by atoms with Crippen LogP contribution in [0.5, 0.6) is 0 Å². The molecule has 0 aliphatic carbocycles. The van der Waals surface area contributed by atoms with Gasteiger partial charge in [0.1, 0.15) is 0 Å². The topological polar surface area (TPSA) is 53.1 Å². The Morgan fingerprint density at radius 2 is 2.17 bits per heavy atom. The van der Waals surface area contributed by atoms with Crippen LogP contribution in [-0.2, 0) is 0 Å². The Labute approximate surface area is 70.7 Å². The van der Waals surface area contributed by atoms with E-state index in [0.29, 0.717) is 11.3 Å². The number of rotatable bonds is 2. The number of aromatic nitrogens is 1. The average Bonchev–Trinajstić information content (AvgIpc) is 2.25. The van der Waals surface area contributed by atoms with E-state index in [1.54, 1.807) is 19.9 Å². The number of aromatic amines is 1. The van der Waals surface area contributed by atoms with Crippen molar-refractivity contribution >= 4 is 12.0 Å². The molecule has 0 radical (unpaired) electrons. The molecule has 0 saturated heterocycles. The molecule has 3 heteroatoms. The Bertz CT molecular complexity index is 337. The molecule has 3 nitrogen and oxygen atoms in total. The van der Waals surface area contributed by atoms with E-state index < -0.39 is 5.97 Å². The lowest BCUT2D eigenvalue weighted by Gasteiger charge is -1.92. The highest BCUT2D eigenvalue weighted by molar-refractivity contribution is 5.92. The molecule has 0 spiro atoms. The van der Waals surface area contributed by atoms with Gasteiger partial charge in [0.15, 0.2) is 0 Å². The van der Waals surface area contributed by atoms with Gasteiger partial charge in [-0.1, -0.05) is 6.58 Å². The number of hydrogen-bond donors (Lipinski definition) is 2. The Balaban J connectivity index is 3.37. The zero-order valence-electron chi connectivity index (χ0n) is 7.14. The summed E-state index contributed by atoms with van der Waals surface area (Å²) < 4.78 is 0. The number of nitrogens with one attached hydrogen (secondary N) is 1. The fourth-order valence-electron chi connectivity index (χ4n) is 1.30. The number of H-pyrrole nitrogens is 1. The zero-order valence-corrected chi connectivity index (χ0v) is 7.14. The standard InChI is InChI=1S/C9H11NO2/c1-4-7-5(2)8(9(11)12)6(3)10-7/h4,10H,1H2,2-3H3,(H,11,12). The fourth-order valence-corrected chi connectivity index (χ4v) is 1.30. The molecule has 1 aromatic rings. The predicted octanol–water partition coefficient (Wildman–Crippen LogP) is 1.97. The van der Waals surface area contributed by atoms with Crippen molar-refractivity contribution in [3.05, 3.63) is 29.1 Å². The van der Waals surface area contributed by atoms with Crippen LogP contribution in [-0.4, -0.2) is 16.1 Å². The normalized spacial score (nSPS) is 9.83. The summed E-state index contributed by atoms with van der Waals surface area (Å²) in [4.78, 5) is 13.7. The SMILES string of the molecule is C=Cc1[nH]c(C)c(C(=O)O)c1C. The third-order valence-corrected chi connectivity index (χ3v) is 1.89. The molecule has 0 aliphatic rings. The van der Waals surface area contributed by atoms with Crippen molar-refractivity contribution in [2.24, 2.45) is 0 Å². The van der Waals surface area contributed by atoms with Gasteiger partial charge in [-0.2, -0.15) is 0 Å². The summed E-state index contributed by atoms with van der Waals surface area (Å²) in [6.45, 7) is 7.09. The number of carbonyl (C=O) groups is 1. The van der Waals surface area contributed by atoms with Crippen LogP contribution in [0.15, 0.2) is 6.58 Å². The summed E-state index contributed by atoms with van der Waals surface area (Å²) in [5, 5.41) is 8.80. The smallest absolute Gasteiger partial charge is 0.337 e. The highest BCUT2D eigenvalue weighted by Crippen LogP contribution is 2.18. The maximum atomic E-state index is 10.7. The van der Waals surface area contributed by atoms with Gasteiger partial charge in [-0.05, 0) is 25.5 Å². The molecule has 64 valence electrons. The minimum absolute atomic E-state index is 0.352. The molecule has 0 atom stereocenters. The molecule has 0 unspecified atom stereocenters. The molecule has 0 aliphatic heterocycles. The van der Waals surface area contributed by atoms with E-state index in [2.05, 4.69) is 11.6 Å². The lowest BCUT2D eigenvalue weighted by molar-refractivity contribution is 0.0695. The number of carboxylic acid groups (broad SMARTS) is 1. The second-order valence-corrected chi connectivity index (χ2v) is 2.67. The van der Waals surface area contributed by atoms with Crippen molar-refractivity contribution < 1.29 is 9.90 Å². The summed E-state index contributed by atoms with van der Waals surface area (Å²) in [5.41, 5.74) is 2.56. The van der Waals surface area contributed by atoms with Crippen LogP contribution in [0.2, 0.25) is 0 Å². The molecule has 1 aromatic heterocycles. The zero-order chi connectivity index (χ0) is 9.30. The predicted molar refractivity (Wildman–Crippen MR) is 47.3 cm³/mol. The van der Waals surface area contributed by atoms with Gasteiger partial charge in [0.25, 0.3) is 0 Å². The molecule has 1 heterocycles. The number of carboxylic acids is 1. The van der Waals surface area contributed by atoms with Gasteiger partial charge in [0, 0.05) is 11.4 Å². The van der Waals surface area contributed by atoms with E-state index in [0.717, 1.165) is 11.3 Å². The summed E-state index contributed by atoms with van der Waals surface area (Å²) in [7, 11) is 0. The monoisotopic (exact) mass is 165 g/mol. The highest BCUT2D eigenvalue weighted by Gasteiger charge is 2.14. The Kier molecular flexibility index (Phi) is 2.04. The van der Waals surface area contributed by atoms with Gasteiger partial charge in [0.2, 0.25) is 0 Å². The lowest BCUT2D eigenvalue weighted by Crippen LogP contribution is -1.98. The molecular formula is C9H11NO2. The largest absolute Gasteiger partial charge is 0.478 e. The fraction of sp³-hybridized carbons (Fsp3) is 0.222.